The van der Waals surface area contributed by atoms with E-state index in [2.05, 4.69) is 27.6 Å². The average Bonchev–Trinajstić information content (AvgIpc) is 1.84. The van der Waals surface area contributed by atoms with E-state index < -0.39 is 0 Å². The standard InChI is InChI=1S/C5H8BrO2/c1-3-4(6)5(7)8-2/h4H,1,3H2,2H3. The van der Waals surface area contributed by atoms with E-state index in [9.17, 15) is 4.79 Å². The average molecular weight is 180 g/mol. The number of ether oxygens (including phenoxy) is 1. The summed E-state index contributed by atoms with van der Waals surface area (Å²) in [5, 5.41) is 0. The van der Waals surface area contributed by atoms with E-state index in [4.69, 9.17) is 0 Å². The zero-order chi connectivity index (χ0) is 6.57. The van der Waals surface area contributed by atoms with Crippen LogP contribution in [0, 0.1) is 6.92 Å². The third-order valence-electron chi connectivity index (χ3n) is 0.710. The molecule has 0 saturated heterocycles. The number of halogens is 1. The van der Waals surface area contributed by atoms with Crippen LogP contribution in [-0.4, -0.2) is 17.9 Å². The highest BCUT2D eigenvalue weighted by atomic mass is 79.9. The van der Waals surface area contributed by atoms with Gasteiger partial charge in [-0.15, -0.1) is 0 Å². The summed E-state index contributed by atoms with van der Waals surface area (Å²) in [6.45, 7) is 3.51. The summed E-state index contributed by atoms with van der Waals surface area (Å²) < 4.78 is 4.38. The molecule has 2 nitrogen and oxygen atoms in total. The van der Waals surface area contributed by atoms with Gasteiger partial charge in [-0.1, -0.05) is 22.9 Å². The Morgan fingerprint density at radius 3 is 2.62 bits per heavy atom. The third-order valence-corrected chi connectivity index (χ3v) is 1.54. The van der Waals surface area contributed by atoms with Gasteiger partial charge in [-0.25, -0.2) is 0 Å². The largest absolute Gasteiger partial charge is 0.468 e. The maximum atomic E-state index is 10.4. The van der Waals surface area contributed by atoms with E-state index in [-0.39, 0.29) is 10.8 Å². The van der Waals surface area contributed by atoms with E-state index in [1.807, 2.05) is 0 Å². The molecule has 0 heterocycles. The fraction of sp³-hybridized carbons (Fsp3) is 0.600. The highest BCUT2D eigenvalue weighted by molar-refractivity contribution is 9.10. The number of rotatable bonds is 2. The van der Waals surface area contributed by atoms with Crippen molar-refractivity contribution >= 4 is 21.9 Å². The number of hydrogen-bond acceptors (Lipinski definition) is 2. The highest BCUT2D eigenvalue weighted by Crippen LogP contribution is 2.04. The van der Waals surface area contributed by atoms with Crippen molar-refractivity contribution < 1.29 is 9.53 Å². The zero-order valence-corrected chi connectivity index (χ0v) is 6.27. The van der Waals surface area contributed by atoms with E-state index >= 15 is 0 Å². The molecule has 47 valence electrons. The molecule has 0 aromatic rings. The lowest BCUT2D eigenvalue weighted by Crippen LogP contribution is -2.13. The van der Waals surface area contributed by atoms with Gasteiger partial charge in [0.25, 0.3) is 0 Å². The minimum atomic E-state index is -0.264. The Bertz CT molecular complexity index is 82.5. The van der Waals surface area contributed by atoms with Crippen LogP contribution in [0.2, 0.25) is 0 Å². The fourth-order valence-corrected chi connectivity index (χ4v) is 0.433. The lowest BCUT2D eigenvalue weighted by molar-refractivity contribution is -0.139. The predicted octanol–water partition coefficient (Wildman–Crippen LogP) is 1.15. The molecule has 0 N–H and O–H groups in total. The van der Waals surface area contributed by atoms with Crippen molar-refractivity contribution in [1.29, 1.82) is 0 Å². The van der Waals surface area contributed by atoms with Gasteiger partial charge in [0.1, 0.15) is 4.83 Å². The van der Waals surface area contributed by atoms with Crippen LogP contribution in [0.3, 0.4) is 0 Å². The molecule has 1 unspecified atom stereocenters. The minimum Gasteiger partial charge on any atom is -0.468 e. The summed E-state index contributed by atoms with van der Waals surface area (Å²) in [4.78, 5) is 10.2. The monoisotopic (exact) mass is 179 g/mol. The number of alkyl halides is 1. The smallest absolute Gasteiger partial charge is 0.319 e. The van der Waals surface area contributed by atoms with Crippen LogP contribution in [0.15, 0.2) is 0 Å². The predicted molar refractivity (Wildman–Crippen MR) is 34.7 cm³/mol. The summed E-state index contributed by atoms with van der Waals surface area (Å²) in [6.07, 6.45) is 0.521. The molecule has 0 bridgehead atoms. The van der Waals surface area contributed by atoms with E-state index in [1.54, 1.807) is 0 Å². The second-order valence-corrected chi connectivity index (χ2v) is 2.38. The molecule has 0 spiro atoms. The normalized spacial score (nSPS) is 12.9. The third kappa shape index (κ3) is 2.31. The maximum absolute atomic E-state index is 10.4. The first-order valence-electron chi connectivity index (χ1n) is 2.23. The first-order chi connectivity index (χ1) is 3.72. The van der Waals surface area contributed by atoms with Crippen LogP contribution >= 0.6 is 15.9 Å². The second kappa shape index (κ2) is 3.89. The molecule has 0 rings (SSSR count). The maximum Gasteiger partial charge on any atom is 0.319 e. The summed E-state index contributed by atoms with van der Waals surface area (Å²) in [5.74, 6) is -0.264. The number of methoxy groups -OCH3 is 1. The Hall–Kier alpha value is -0.0500. The van der Waals surface area contributed by atoms with Crippen molar-refractivity contribution in [2.24, 2.45) is 0 Å². The molecule has 0 saturated carbocycles. The summed E-state index contributed by atoms with van der Waals surface area (Å²) in [5.41, 5.74) is 0. The van der Waals surface area contributed by atoms with Crippen LogP contribution in [0.4, 0.5) is 0 Å². The molecule has 0 fully saturated rings. The van der Waals surface area contributed by atoms with Crippen LogP contribution in [0.5, 0.6) is 0 Å². The van der Waals surface area contributed by atoms with Crippen molar-refractivity contribution in [2.45, 2.75) is 11.2 Å². The molecule has 8 heavy (non-hydrogen) atoms. The Kier molecular flexibility index (Phi) is 3.87. The van der Waals surface area contributed by atoms with Gasteiger partial charge in [0.15, 0.2) is 0 Å². The lowest BCUT2D eigenvalue weighted by atomic mass is 10.3. The van der Waals surface area contributed by atoms with Crippen molar-refractivity contribution in [2.75, 3.05) is 7.11 Å². The number of carbonyl (C=O) groups excluding carboxylic acids is 1. The van der Waals surface area contributed by atoms with Crippen LogP contribution in [0.25, 0.3) is 0 Å². The Labute approximate surface area is 57.3 Å². The molecule has 1 atom stereocenters. The summed E-state index contributed by atoms with van der Waals surface area (Å²) in [7, 11) is 1.35. The number of hydrogen-bond donors (Lipinski definition) is 0. The summed E-state index contributed by atoms with van der Waals surface area (Å²) in [6, 6.07) is 0. The molecule has 0 aromatic carbocycles. The molecule has 0 aliphatic rings. The zero-order valence-electron chi connectivity index (χ0n) is 4.69. The first kappa shape index (κ1) is 7.95. The number of carbonyl (C=O) groups is 1. The number of esters is 1. The Morgan fingerprint density at radius 1 is 2.00 bits per heavy atom. The van der Waals surface area contributed by atoms with Crippen molar-refractivity contribution in [3.05, 3.63) is 6.92 Å². The van der Waals surface area contributed by atoms with Crippen LogP contribution < -0.4 is 0 Å². The SMILES string of the molecule is [CH2]CC(Br)C(=O)OC. The van der Waals surface area contributed by atoms with Gasteiger partial charge in [-0.05, 0) is 6.42 Å². The molecular formula is C5H8BrO2. The Morgan fingerprint density at radius 2 is 2.50 bits per heavy atom. The van der Waals surface area contributed by atoms with Gasteiger partial charge in [0, 0.05) is 0 Å². The fourth-order valence-electron chi connectivity index (χ4n) is 0.246. The quantitative estimate of drug-likeness (QED) is 0.470. The lowest BCUT2D eigenvalue weighted by Gasteiger charge is -2.00. The van der Waals surface area contributed by atoms with E-state index in [0.29, 0.717) is 6.42 Å². The van der Waals surface area contributed by atoms with Crippen molar-refractivity contribution in [3.63, 3.8) is 0 Å². The first-order valence-corrected chi connectivity index (χ1v) is 3.15. The second-order valence-electron chi connectivity index (χ2n) is 1.28. The molecule has 0 aliphatic heterocycles. The molecular weight excluding hydrogens is 172 g/mol. The molecule has 0 amide bonds. The van der Waals surface area contributed by atoms with Gasteiger partial charge in [0.05, 0.1) is 7.11 Å². The molecule has 0 aromatic heterocycles. The highest BCUT2D eigenvalue weighted by Gasteiger charge is 2.10. The van der Waals surface area contributed by atoms with Gasteiger partial charge in [-0.3, -0.25) is 4.79 Å². The Balaban J connectivity index is 3.46. The van der Waals surface area contributed by atoms with Crippen molar-refractivity contribution in [1.82, 2.24) is 0 Å². The van der Waals surface area contributed by atoms with Crippen LogP contribution in [-0.2, 0) is 9.53 Å². The van der Waals surface area contributed by atoms with Crippen molar-refractivity contribution in [3.8, 4) is 0 Å². The van der Waals surface area contributed by atoms with Gasteiger partial charge >= 0.3 is 5.97 Å². The molecule has 0 aliphatic carbocycles. The molecule has 3 heteroatoms. The van der Waals surface area contributed by atoms with E-state index in [1.165, 1.54) is 7.11 Å². The van der Waals surface area contributed by atoms with Gasteiger partial charge in [-0.2, -0.15) is 0 Å². The van der Waals surface area contributed by atoms with E-state index in [0.717, 1.165) is 0 Å². The van der Waals surface area contributed by atoms with Gasteiger partial charge in [0.2, 0.25) is 0 Å². The minimum absolute atomic E-state index is 0.243. The topological polar surface area (TPSA) is 26.3 Å². The summed E-state index contributed by atoms with van der Waals surface area (Å²) >= 11 is 3.07. The molecule has 1 radical (unpaired) electrons. The van der Waals surface area contributed by atoms with Gasteiger partial charge < -0.3 is 4.74 Å². The van der Waals surface area contributed by atoms with Crippen LogP contribution in [0.1, 0.15) is 6.42 Å².